The van der Waals surface area contributed by atoms with Crippen LogP contribution in [-0.4, -0.2) is 56.6 Å². The lowest BCUT2D eigenvalue weighted by molar-refractivity contribution is 0.360. The van der Waals surface area contributed by atoms with Gasteiger partial charge in [-0.2, -0.15) is 0 Å². The first kappa shape index (κ1) is 20.0. The molecule has 4 rings (SSSR count). The molecule has 30 heavy (non-hydrogen) atoms. The Labute approximate surface area is 176 Å². The minimum Gasteiger partial charge on any atom is -0.492 e. The number of anilines is 2. The van der Waals surface area contributed by atoms with Crippen molar-refractivity contribution >= 4 is 43.7 Å². The molecule has 0 radical (unpaired) electrons. The molecule has 0 amide bonds. The van der Waals surface area contributed by atoms with E-state index >= 15 is 0 Å². The summed E-state index contributed by atoms with van der Waals surface area (Å²) in [5.41, 5.74) is 2.08. The summed E-state index contributed by atoms with van der Waals surface area (Å²) in [6, 6.07) is 8.53. The van der Waals surface area contributed by atoms with Crippen molar-refractivity contribution in [2.24, 2.45) is 0 Å². The average Bonchev–Trinajstić information content (AvgIpc) is 2.74. The molecule has 4 aromatic rings. The van der Waals surface area contributed by atoms with Crippen molar-refractivity contribution in [1.82, 2.24) is 0 Å². The third-order valence-electron chi connectivity index (χ3n) is 5.74. The number of hydrogen-bond donors (Lipinski definition) is 0. The van der Waals surface area contributed by atoms with Crippen molar-refractivity contribution < 1.29 is 18.9 Å². The van der Waals surface area contributed by atoms with Crippen LogP contribution in [0.1, 0.15) is 0 Å². The Bertz CT molecular complexity index is 1070. The smallest absolute Gasteiger partial charge is 0.169 e. The number of hydrogen-bond acceptors (Lipinski definition) is 6. The van der Waals surface area contributed by atoms with Crippen molar-refractivity contribution in [2.45, 2.75) is 0 Å². The van der Waals surface area contributed by atoms with Gasteiger partial charge in [-0.25, -0.2) is 0 Å². The third-order valence-corrected chi connectivity index (χ3v) is 5.74. The van der Waals surface area contributed by atoms with Gasteiger partial charge in [-0.3, -0.25) is 0 Å². The summed E-state index contributed by atoms with van der Waals surface area (Å²) in [5.74, 6) is 2.84. The highest BCUT2D eigenvalue weighted by Gasteiger charge is 2.26. The van der Waals surface area contributed by atoms with Gasteiger partial charge in [-0.1, -0.05) is 0 Å². The largest absolute Gasteiger partial charge is 0.492 e. The zero-order chi connectivity index (χ0) is 21.7. The number of rotatable bonds is 6. The standard InChI is InChI=1S/C24H28N2O4/c1-25(2)13-9-15-19-16(10-13)22(28-6)24(30-8)18-12-14(26(3)4)11-17(20(18)19)23(29-7)21(15)27-5/h9-12H,1-8H3. The van der Waals surface area contributed by atoms with E-state index in [0.29, 0.717) is 23.0 Å². The van der Waals surface area contributed by atoms with Gasteiger partial charge in [0.25, 0.3) is 0 Å². The minimum atomic E-state index is 0.711. The van der Waals surface area contributed by atoms with Gasteiger partial charge in [0, 0.05) is 71.9 Å². The first-order valence-electron chi connectivity index (χ1n) is 9.74. The predicted octanol–water partition coefficient (Wildman–Crippen LogP) is 4.75. The van der Waals surface area contributed by atoms with Gasteiger partial charge in [0.2, 0.25) is 0 Å². The summed E-state index contributed by atoms with van der Waals surface area (Å²) in [6.07, 6.45) is 0. The van der Waals surface area contributed by atoms with Crippen LogP contribution in [-0.2, 0) is 0 Å². The van der Waals surface area contributed by atoms with E-state index in [4.69, 9.17) is 18.9 Å². The molecule has 0 N–H and O–H groups in total. The second kappa shape index (κ2) is 7.20. The van der Waals surface area contributed by atoms with Crippen LogP contribution in [0.3, 0.4) is 0 Å². The Hall–Kier alpha value is -3.28. The van der Waals surface area contributed by atoms with Crippen molar-refractivity contribution in [3.8, 4) is 23.0 Å². The zero-order valence-corrected chi connectivity index (χ0v) is 18.8. The maximum atomic E-state index is 5.89. The molecule has 0 unspecified atom stereocenters. The van der Waals surface area contributed by atoms with E-state index in [1.807, 2.05) is 28.2 Å². The molecule has 0 atom stereocenters. The van der Waals surface area contributed by atoms with Crippen LogP contribution in [0, 0.1) is 0 Å². The van der Waals surface area contributed by atoms with Crippen LogP contribution in [0.2, 0.25) is 0 Å². The molecule has 0 bridgehead atoms. The summed E-state index contributed by atoms with van der Waals surface area (Å²) in [6.45, 7) is 0. The van der Waals surface area contributed by atoms with E-state index in [1.165, 1.54) is 0 Å². The van der Waals surface area contributed by atoms with Crippen LogP contribution in [0.15, 0.2) is 24.3 Å². The molecule has 0 fully saturated rings. The van der Waals surface area contributed by atoms with Gasteiger partial charge < -0.3 is 28.7 Å². The first-order chi connectivity index (χ1) is 14.4. The SMILES string of the molecule is COc1c(OC)c2cc(N(C)C)cc3c(OC)c(OC)c4cc(N(C)C)cc1c4c23. The fraction of sp³-hybridized carbons (Fsp3) is 0.333. The van der Waals surface area contributed by atoms with E-state index in [2.05, 4.69) is 34.1 Å². The quantitative estimate of drug-likeness (QED) is 0.429. The number of benzene rings is 4. The molecule has 6 nitrogen and oxygen atoms in total. The lowest BCUT2D eigenvalue weighted by atomic mass is 9.90. The maximum Gasteiger partial charge on any atom is 0.169 e. The minimum absolute atomic E-state index is 0.711. The molecule has 0 aliphatic heterocycles. The molecule has 0 saturated heterocycles. The van der Waals surface area contributed by atoms with Crippen LogP contribution in [0.4, 0.5) is 11.4 Å². The zero-order valence-electron chi connectivity index (χ0n) is 18.8. The van der Waals surface area contributed by atoms with Crippen molar-refractivity contribution in [1.29, 1.82) is 0 Å². The van der Waals surface area contributed by atoms with Crippen molar-refractivity contribution in [3.05, 3.63) is 24.3 Å². The molecule has 0 heterocycles. The van der Waals surface area contributed by atoms with Crippen LogP contribution in [0.5, 0.6) is 23.0 Å². The monoisotopic (exact) mass is 408 g/mol. The van der Waals surface area contributed by atoms with Gasteiger partial charge in [-0.05, 0) is 24.3 Å². The van der Waals surface area contributed by atoms with Gasteiger partial charge in [-0.15, -0.1) is 0 Å². The molecular weight excluding hydrogens is 380 g/mol. The highest BCUT2D eigenvalue weighted by Crippen LogP contribution is 2.54. The van der Waals surface area contributed by atoms with Crippen LogP contribution in [0.25, 0.3) is 32.3 Å². The Morgan fingerprint density at radius 2 is 0.700 bits per heavy atom. The maximum absolute atomic E-state index is 5.89. The highest BCUT2D eigenvalue weighted by molar-refractivity contribution is 6.30. The molecule has 6 heteroatoms. The Kier molecular flexibility index (Phi) is 4.80. The summed E-state index contributed by atoms with van der Waals surface area (Å²) < 4.78 is 23.6. The van der Waals surface area contributed by atoms with Gasteiger partial charge in [0.1, 0.15) is 0 Å². The van der Waals surface area contributed by atoms with Crippen LogP contribution < -0.4 is 28.7 Å². The molecular formula is C24H28N2O4. The molecule has 0 spiro atoms. The molecule has 0 saturated carbocycles. The first-order valence-corrected chi connectivity index (χ1v) is 9.74. The van der Waals surface area contributed by atoms with E-state index < -0.39 is 0 Å². The molecule has 4 aromatic carbocycles. The Morgan fingerprint density at radius 1 is 0.467 bits per heavy atom. The fourth-order valence-electron chi connectivity index (χ4n) is 4.32. The Morgan fingerprint density at radius 3 is 0.867 bits per heavy atom. The van der Waals surface area contributed by atoms with E-state index in [9.17, 15) is 0 Å². The van der Waals surface area contributed by atoms with Crippen molar-refractivity contribution in [2.75, 3.05) is 66.4 Å². The average molecular weight is 408 g/mol. The normalized spacial score (nSPS) is 11.3. The predicted molar refractivity (Wildman–Crippen MR) is 125 cm³/mol. The number of ether oxygens (including phenoxy) is 4. The molecule has 0 aliphatic rings. The van der Waals surface area contributed by atoms with Crippen LogP contribution >= 0.6 is 0 Å². The van der Waals surface area contributed by atoms with E-state index in [-0.39, 0.29) is 0 Å². The van der Waals surface area contributed by atoms with E-state index in [0.717, 1.165) is 43.7 Å². The van der Waals surface area contributed by atoms with Gasteiger partial charge in [0.05, 0.1) is 28.4 Å². The second-order valence-electron chi connectivity index (χ2n) is 7.75. The number of methoxy groups -OCH3 is 4. The van der Waals surface area contributed by atoms with Gasteiger partial charge in [0.15, 0.2) is 23.0 Å². The Balaban J connectivity index is 2.41. The molecule has 0 aliphatic carbocycles. The topological polar surface area (TPSA) is 43.4 Å². The summed E-state index contributed by atoms with van der Waals surface area (Å²) in [4.78, 5) is 4.13. The van der Waals surface area contributed by atoms with Crippen molar-refractivity contribution in [3.63, 3.8) is 0 Å². The fourth-order valence-corrected chi connectivity index (χ4v) is 4.32. The summed E-state index contributed by atoms with van der Waals surface area (Å²) in [5, 5.41) is 6.06. The highest BCUT2D eigenvalue weighted by atomic mass is 16.5. The molecule has 158 valence electrons. The van der Waals surface area contributed by atoms with Gasteiger partial charge >= 0.3 is 0 Å². The summed E-state index contributed by atoms with van der Waals surface area (Å²) in [7, 11) is 14.8. The molecule has 0 aromatic heterocycles. The second-order valence-corrected chi connectivity index (χ2v) is 7.75. The van der Waals surface area contributed by atoms with E-state index in [1.54, 1.807) is 28.4 Å². The lowest BCUT2D eigenvalue weighted by Gasteiger charge is -2.25. The number of nitrogens with zero attached hydrogens (tertiary/aromatic N) is 2. The third kappa shape index (κ3) is 2.63. The summed E-state index contributed by atoms with van der Waals surface area (Å²) >= 11 is 0. The lowest BCUT2D eigenvalue weighted by Crippen LogP contribution is -2.10.